The molecule has 100 valence electrons. The van der Waals surface area contributed by atoms with Crippen LogP contribution >= 0.6 is 0 Å². The molecule has 0 radical (unpaired) electrons. The maximum Gasteiger partial charge on any atom is 0.0724 e. The van der Waals surface area contributed by atoms with Crippen LogP contribution in [0.5, 0.6) is 0 Å². The summed E-state index contributed by atoms with van der Waals surface area (Å²) in [4.78, 5) is 0. The average molecular weight is 254 g/mol. The van der Waals surface area contributed by atoms with E-state index in [2.05, 4.69) is 64.1 Å². The van der Waals surface area contributed by atoms with Crippen molar-refractivity contribution in [1.82, 2.24) is 0 Å². The molecule has 2 aromatic rings. The van der Waals surface area contributed by atoms with Crippen LogP contribution < -0.4 is 0 Å². The molecule has 0 amide bonds. The van der Waals surface area contributed by atoms with Gasteiger partial charge in [0.25, 0.3) is 0 Å². The third kappa shape index (κ3) is 3.24. The van der Waals surface area contributed by atoms with E-state index >= 15 is 0 Å². The van der Waals surface area contributed by atoms with Gasteiger partial charge in [-0.3, -0.25) is 0 Å². The summed E-state index contributed by atoms with van der Waals surface area (Å²) < 4.78 is 5.88. The molecule has 0 bridgehead atoms. The van der Waals surface area contributed by atoms with Crippen LogP contribution in [0.3, 0.4) is 0 Å². The maximum absolute atomic E-state index is 5.88. The molecule has 0 aliphatic rings. The molecule has 1 nitrogen and oxygen atoms in total. The molecule has 0 saturated heterocycles. The highest BCUT2D eigenvalue weighted by atomic mass is 16.5. The lowest BCUT2D eigenvalue weighted by Crippen LogP contribution is -1.99. The Morgan fingerprint density at radius 2 is 1.11 bits per heavy atom. The summed E-state index contributed by atoms with van der Waals surface area (Å²) in [5.74, 6) is 0. The molecule has 2 rings (SSSR count). The van der Waals surface area contributed by atoms with Crippen molar-refractivity contribution < 1.29 is 4.74 Å². The molecule has 0 aliphatic carbocycles. The van der Waals surface area contributed by atoms with Crippen molar-refractivity contribution in [3.63, 3.8) is 0 Å². The normalized spacial score (nSPS) is 10.7. The first-order valence-corrected chi connectivity index (χ1v) is 6.77. The molecule has 0 spiro atoms. The average Bonchev–Trinajstić information content (AvgIpc) is 2.39. The SMILES string of the molecule is Cc1cccc(COCc2cccc(C)c2C)c1C. The van der Waals surface area contributed by atoms with Crippen LogP contribution in [-0.4, -0.2) is 0 Å². The predicted molar refractivity (Wildman–Crippen MR) is 80.3 cm³/mol. The fraction of sp³-hybridized carbons (Fsp3) is 0.333. The van der Waals surface area contributed by atoms with Crippen molar-refractivity contribution in [1.29, 1.82) is 0 Å². The molecule has 1 heteroatoms. The number of benzene rings is 2. The van der Waals surface area contributed by atoms with E-state index in [9.17, 15) is 0 Å². The van der Waals surface area contributed by atoms with Gasteiger partial charge in [-0.2, -0.15) is 0 Å². The minimum atomic E-state index is 0.681. The Hall–Kier alpha value is -1.60. The molecule has 2 aromatic carbocycles. The number of ether oxygens (including phenoxy) is 1. The van der Waals surface area contributed by atoms with Gasteiger partial charge in [-0.25, -0.2) is 0 Å². The molecular formula is C18H22O. The van der Waals surface area contributed by atoms with Gasteiger partial charge in [-0.1, -0.05) is 36.4 Å². The fourth-order valence-electron chi connectivity index (χ4n) is 2.21. The standard InChI is InChI=1S/C18H22O/c1-13-7-5-9-17(15(13)3)11-19-12-18-10-6-8-14(2)16(18)4/h5-10H,11-12H2,1-4H3. The summed E-state index contributed by atoms with van der Waals surface area (Å²) in [6.07, 6.45) is 0. The van der Waals surface area contributed by atoms with Crippen LogP contribution in [0.2, 0.25) is 0 Å². The fourth-order valence-corrected chi connectivity index (χ4v) is 2.21. The van der Waals surface area contributed by atoms with Gasteiger partial charge in [-0.15, -0.1) is 0 Å². The second-order valence-electron chi connectivity index (χ2n) is 5.21. The minimum absolute atomic E-state index is 0.681. The first-order chi connectivity index (χ1) is 9.09. The van der Waals surface area contributed by atoms with E-state index in [0.29, 0.717) is 13.2 Å². The molecule has 19 heavy (non-hydrogen) atoms. The van der Waals surface area contributed by atoms with E-state index in [0.717, 1.165) is 0 Å². The monoisotopic (exact) mass is 254 g/mol. The Kier molecular flexibility index (Phi) is 4.39. The van der Waals surface area contributed by atoms with Crippen LogP contribution in [0, 0.1) is 27.7 Å². The third-order valence-electron chi connectivity index (χ3n) is 3.95. The van der Waals surface area contributed by atoms with Crippen molar-refractivity contribution in [2.75, 3.05) is 0 Å². The molecule has 0 atom stereocenters. The van der Waals surface area contributed by atoms with E-state index in [-0.39, 0.29) is 0 Å². The lowest BCUT2D eigenvalue weighted by molar-refractivity contribution is 0.106. The molecule has 0 unspecified atom stereocenters. The van der Waals surface area contributed by atoms with Crippen molar-refractivity contribution in [2.24, 2.45) is 0 Å². The van der Waals surface area contributed by atoms with Gasteiger partial charge >= 0.3 is 0 Å². The summed E-state index contributed by atoms with van der Waals surface area (Å²) in [7, 11) is 0. The Morgan fingerprint density at radius 1 is 0.684 bits per heavy atom. The summed E-state index contributed by atoms with van der Waals surface area (Å²) in [6, 6.07) is 12.8. The number of aryl methyl sites for hydroxylation is 2. The van der Waals surface area contributed by atoms with Gasteiger partial charge in [0.1, 0.15) is 0 Å². The molecule has 0 heterocycles. The van der Waals surface area contributed by atoms with Crippen molar-refractivity contribution in [3.05, 3.63) is 69.8 Å². The van der Waals surface area contributed by atoms with Gasteiger partial charge in [0.2, 0.25) is 0 Å². The maximum atomic E-state index is 5.88. The number of rotatable bonds is 4. The summed E-state index contributed by atoms with van der Waals surface area (Å²) in [5, 5.41) is 0. The largest absolute Gasteiger partial charge is 0.372 e. The Bertz CT molecular complexity index is 518. The van der Waals surface area contributed by atoms with Crippen LogP contribution in [0.4, 0.5) is 0 Å². The lowest BCUT2D eigenvalue weighted by atomic mass is 10.0. The first kappa shape index (κ1) is 13.8. The second kappa shape index (κ2) is 6.03. The zero-order chi connectivity index (χ0) is 13.8. The van der Waals surface area contributed by atoms with Crippen molar-refractivity contribution >= 4 is 0 Å². The topological polar surface area (TPSA) is 9.23 Å². The second-order valence-corrected chi connectivity index (χ2v) is 5.21. The third-order valence-corrected chi connectivity index (χ3v) is 3.95. The smallest absolute Gasteiger partial charge is 0.0724 e. The van der Waals surface area contributed by atoms with E-state index in [1.165, 1.54) is 33.4 Å². The molecule has 0 saturated carbocycles. The van der Waals surface area contributed by atoms with Gasteiger partial charge in [0, 0.05) is 0 Å². The molecule has 0 aliphatic heterocycles. The summed E-state index contributed by atoms with van der Waals surface area (Å²) >= 11 is 0. The number of hydrogen-bond acceptors (Lipinski definition) is 1. The molecule has 0 aromatic heterocycles. The van der Waals surface area contributed by atoms with Crippen LogP contribution in [0.1, 0.15) is 33.4 Å². The van der Waals surface area contributed by atoms with Crippen molar-refractivity contribution in [2.45, 2.75) is 40.9 Å². The Morgan fingerprint density at radius 3 is 1.53 bits per heavy atom. The zero-order valence-corrected chi connectivity index (χ0v) is 12.3. The highest BCUT2D eigenvalue weighted by molar-refractivity contribution is 5.33. The highest BCUT2D eigenvalue weighted by Crippen LogP contribution is 2.17. The quantitative estimate of drug-likeness (QED) is 0.772. The van der Waals surface area contributed by atoms with Crippen LogP contribution in [0.25, 0.3) is 0 Å². The first-order valence-electron chi connectivity index (χ1n) is 6.77. The highest BCUT2D eigenvalue weighted by Gasteiger charge is 2.03. The van der Waals surface area contributed by atoms with Crippen LogP contribution in [-0.2, 0) is 18.0 Å². The van der Waals surface area contributed by atoms with Crippen LogP contribution in [0.15, 0.2) is 36.4 Å². The van der Waals surface area contributed by atoms with Gasteiger partial charge in [0.05, 0.1) is 13.2 Å². The van der Waals surface area contributed by atoms with E-state index in [4.69, 9.17) is 4.74 Å². The summed E-state index contributed by atoms with van der Waals surface area (Å²) in [5.41, 5.74) is 7.89. The number of hydrogen-bond donors (Lipinski definition) is 0. The molecular weight excluding hydrogens is 232 g/mol. The predicted octanol–water partition coefficient (Wildman–Crippen LogP) is 4.64. The Balaban J connectivity index is 2.00. The summed E-state index contributed by atoms with van der Waals surface area (Å²) in [6.45, 7) is 9.97. The minimum Gasteiger partial charge on any atom is -0.372 e. The zero-order valence-electron chi connectivity index (χ0n) is 12.3. The van der Waals surface area contributed by atoms with Gasteiger partial charge in [0.15, 0.2) is 0 Å². The molecule has 0 N–H and O–H groups in total. The Labute approximate surface area is 116 Å². The van der Waals surface area contributed by atoms with E-state index in [1.807, 2.05) is 0 Å². The van der Waals surface area contributed by atoms with Gasteiger partial charge in [-0.05, 0) is 61.1 Å². The van der Waals surface area contributed by atoms with Crippen molar-refractivity contribution in [3.8, 4) is 0 Å². The molecule has 0 fully saturated rings. The lowest BCUT2D eigenvalue weighted by Gasteiger charge is -2.11. The van der Waals surface area contributed by atoms with Gasteiger partial charge < -0.3 is 4.74 Å². The van der Waals surface area contributed by atoms with E-state index in [1.54, 1.807) is 0 Å². The van der Waals surface area contributed by atoms with E-state index < -0.39 is 0 Å².